The lowest BCUT2D eigenvalue weighted by Crippen LogP contribution is -2.51. The highest BCUT2D eigenvalue weighted by Crippen LogP contribution is 2.24. The normalized spacial score (nSPS) is 14.9. The van der Waals surface area contributed by atoms with E-state index in [1.165, 1.54) is 25.4 Å². The van der Waals surface area contributed by atoms with Crippen molar-refractivity contribution in [3.63, 3.8) is 0 Å². The summed E-state index contributed by atoms with van der Waals surface area (Å²) in [6, 6.07) is 2.70. The molecule has 0 saturated heterocycles. The first-order valence-electron chi connectivity index (χ1n) is 17.5. The maximum Gasteiger partial charge on any atom is 0.327 e. The second-order valence-corrected chi connectivity index (χ2v) is 15.2. The van der Waals surface area contributed by atoms with E-state index in [0.29, 0.717) is 16.9 Å². The number of nitrogens with zero attached hydrogens (tertiary/aromatic N) is 4. The Kier molecular flexibility index (Phi) is 19.0. The van der Waals surface area contributed by atoms with Crippen LogP contribution in [0.25, 0.3) is 11.2 Å². The monoisotopic (exact) mass is 853 g/mol. The number of anilines is 3. The van der Waals surface area contributed by atoms with Crippen molar-refractivity contribution >= 4 is 79.9 Å². The first-order valence-corrected chi connectivity index (χ1v) is 20.0. The minimum absolute atomic E-state index is 0.00247. The molecule has 16 N–H and O–H groups in total. The zero-order valence-electron chi connectivity index (χ0n) is 31.0. The van der Waals surface area contributed by atoms with Crippen molar-refractivity contribution in [1.82, 2.24) is 41.2 Å². The van der Waals surface area contributed by atoms with Gasteiger partial charge in [-0.3, -0.25) is 14.4 Å². The Morgan fingerprint density at radius 2 is 1.50 bits per heavy atom. The van der Waals surface area contributed by atoms with E-state index in [4.69, 9.17) is 16.6 Å². The standard InChI is InChI=1S/C33H47N11O12S2/c1-36-18(6-7-23(48)38-12-21(46)25(49)26(50)22(47)13-45)30(52)42-20(32(55)56)14-58-57-9-8-19(31(53)54)41-29(51)15-2-4-16(5-3-15)37-10-17-11-39-28-24(40-17)27(34)43-33(35)44-28/h2-5,11,18-22,25-26,36-37,45-47,49-50H,6-10,12-14H2,1H3,(H,38,48)(H,41,51)(H,42,52)(H,53,54)(H,55,56)(H4,34,35,39,43,44)/t18-,19-,20-,21-,22+,25+,26+/m0/s1. The van der Waals surface area contributed by atoms with Gasteiger partial charge >= 0.3 is 11.9 Å². The summed E-state index contributed by atoms with van der Waals surface area (Å²) >= 11 is 0. The molecular weight excluding hydrogens is 807 g/mol. The average Bonchev–Trinajstić information content (AvgIpc) is 3.20. The van der Waals surface area contributed by atoms with Gasteiger partial charge in [0.15, 0.2) is 17.0 Å². The molecule has 0 aliphatic heterocycles. The topological polar surface area (TPSA) is 391 Å². The summed E-state index contributed by atoms with van der Waals surface area (Å²) in [5, 5.41) is 80.1. The molecule has 3 aromatic rings. The van der Waals surface area contributed by atoms with Crippen LogP contribution < -0.4 is 38.1 Å². The number of rotatable bonds is 25. The molecule has 3 amide bonds. The van der Waals surface area contributed by atoms with Gasteiger partial charge in [0.25, 0.3) is 5.91 Å². The fraction of sp³-hybridized carbons (Fsp3) is 0.485. The fourth-order valence-corrected chi connectivity index (χ4v) is 7.21. The molecule has 0 radical (unpaired) electrons. The van der Waals surface area contributed by atoms with E-state index >= 15 is 0 Å². The van der Waals surface area contributed by atoms with Gasteiger partial charge in [-0.2, -0.15) is 9.97 Å². The highest BCUT2D eigenvalue weighted by molar-refractivity contribution is 8.76. The second kappa shape index (κ2) is 23.3. The van der Waals surface area contributed by atoms with Crippen LogP contribution in [0.3, 0.4) is 0 Å². The van der Waals surface area contributed by atoms with E-state index < -0.39 is 85.4 Å². The number of aliphatic hydroxyl groups excluding tert-OH is 5. The number of amides is 3. The maximum atomic E-state index is 12.9. The predicted molar refractivity (Wildman–Crippen MR) is 212 cm³/mol. The number of nitrogen functional groups attached to an aromatic ring is 2. The Morgan fingerprint density at radius 3 is 2.14 bits per heavy atom. The van der Waals surface area contributed by atoms with Crippen LogP contribution in [0.2, 0.25) is 0 Å². The third-order valence-electron chi connectivity index (χ3n) is 8.31. The smallest absolute Gasteiger partial charge is 0.327 e. The number of aliphatic hydroxyl groups is 5. The number of carbonyl (C=O) groups is 5. The third-order valence-corrected chi connectivity index (χ3v) is 10.8. The largest absolute Gasteiger partial charge is 0.480 e. The summed E-state index contributed by atoms with van der Waals surface area (Å²) in [7, 11) is 3.64. The van der Waals surface area contributed by atoms with Crippen molar-refractivity contribution in [2.75, 3.05) is 48.5 Å². The minimum Gasteiger partial charge on any atom is -0.480 e. The molecule has 2 aromatic heterocycles. The zero-order chi connectivity index (χ0) is 42.9. The number of fused-ring (bicyclic) bond motifs is 1. The van der Waals surface area contributed by atoms with Crippen LogP contribution in [0.5, 0.6) is 0 Å². The molecule has 7 atom stereocenters. The van der Waals surface area contributed by atoms with Gasteiger partial charge in [0.05, 0.1) is 37.2 Å². The highest BCUT2D eigenvalue weighted by Gasteiger charge is 2.31. The first-order chi connectivity index (χ1) is 27.5. The van der Waals surface area contributed by atoms with Crippen molar-refractivity contribution in [3.05, 3.63) is 41.7 Å². The van der Waals surface area contributed by atoms with Crippen LogP contribution in [0.1, 0.15) is 35.3 Å². The highest BCUT2D eigenvalue weighted by atomic mass is 33.1. The van der Waals surface area contributed by atoms with Crippen molar-refractivity contribution < 1.29 is 59.7 Å². The van der Waals surface area contributed by atoms with Gasteiger partial charge in [-0.15, -0.1) is 0 Å². The molecule has 2 heterocycles. The third kappa shape index (κ3) is 14.7. The van der Waals surface area contributed by atoms with Gasteiger partial charge in [0.1, 0.15) is 30.4 Å². The number of aromatic nitrogens is 4. The van der Waals surface area contributed by atoms with E-state index in [1.807, 2.05) is 0 Å². The fourth-order valence-electron chi connectivity index (χ4n) is 4.96. The van der Waals surface area contributed by atoms with E-state index in [1.54, 1.807) is 12.1 Å². The molecule has 23 nitrogen and oxygen atoms in total. The molecule has 58 heavy (non-hydrogen) atoms. The molecule has 0 bridgehead atoms. The summed E-state index contributed by atoms with van der Waals surface area (Å²) in [4.78, 5) is 78.1. The van der Waals surface area contributed by atoms with Crippen LogP contribution in [0, 0.1) is 0 Å². The molecule has 0 aliphatic carbocycles. The van der Waals surface area contributed by atoms with Crippen LogP contribution >= 0.6 is 21.6 Å². The zero-order valence-corrected chi connectivity index (χ0v) is 32.6. The number of benzene rings is 1. The number of hydrogen-bond acceptors (Lipinski definition) is 20. The quantitative estimate of drug-likeness (QED) is 0.0292. The van der Waals surface area contributed by atoms with Crippen molar-refractivity contribution in [1.29, 1.82) is 0 Å². The second-order valence-electron chi connectivity index (χ2n) is 12.6. The Bertz CT molecular complexity index is 1870. The Morgan fingerprint density at radius 1 is 0.828 bits per heavy atom. The summed E-state index contributed by atoms with van der Waals surface area (Å²) < 4.78 is 0. The number of carboxylic acid groups (broad SMARTS) is 2. The molecule has 0 saturated carbocycles. The van der Waals surface area contributed by atoms with E-state index in [2.05, 4.69) is 46.5 Å². The molecule has 1 aromatic carbocycles. The number of aliphatic carboxylic acids is 2. The van der Waals surface area contributed by atoms with Crippen molar-refractivity contribution in [3.8, 4) is 0 Å². The number of likely N-dealkylation sites (N-methyl/N-ethyl adjacent to an activating group) is 1. The number of carbonyl (C=O) groups excluding carboxylic acids is 3. The van der Waals surface area contributed by atoms with Gasteiger partial charge < -0.3 is 73.8 Å². The summed E-state index contributed by atoms with van der Waals surface area (Å²) in [6.07, 6.45) is -5.95. The van der Waals surface area contributed by atoms with Gasteiger partial charge in [0.2, 0.25) is 17.8 Å². The molecule has 3 rings (SSSR count). The predicted octanol–water partition coefficient (Wildman–Crippen LogP) is -3.36. The maximum absolute atomic E-state index is 12.9. The molecule has 318 valence electrons. The first kappa shape index (κ1) is 47.2. The SMILES string of the molecule is CN[C@@H](CCC(=O)NC[C@H](O)[C@@H](O)[C@H](O)[C@H](O)CO)C(=O)N[C@@H](CSSCC[C@H](NC(=O)c1ccc(NCc2cnc3nc(N)nc(N)c3n2)cc1)C(=O)O)C(=O)O. The van der Waals surface area contributed by atoms with Crippen LogP contribution in [0.4, 0.5) is 17.5 Å². The lowest BCUT2D eigenvalue weighted by atomic mass is 10.0. The average molecular weight is 854 g/mol. The van der Waals surface area contributed by atoms with Gasteiger partial charge in [-0.05, 0) is 44.2 Å². The summed E-state index contributed by atoms with van der Waals surface area (Å²) in [5.41, 5.74) is 13.4. The van der Waals surface area contributed by atoms with Gasteiger partial charge in [-0.1, -0.05) is 21.6 Å². The molecule has 0 spiro atoms. The van der Waals surface area contributed by atoms with Crippen LogP contribution in [-0.4, -0.2) is 160 Å². The van der Waals surface area contributed by atoms with E-state index in [0.717, 1.165) is 21.6 Å². The molecular formula is C33H47N11O12S2. The van der Waals surface area contributed by atoms with E-state index in [-0.39, 0.29) is 60.3 Å². The van der Waals surface area contributed by atoms with Crippen molar-refractivity contribution in [2.45, 2.75) is 68.3 Å². The van der Waals surface area contributed by atoms with E-state index in [9.17, 15) is 54.6 Å². The van der Waals surface area contributed by atoms with Crippen LogP contribution in [0.15, 0.2) is 30.5 Å². The number of nitrogens with two attached hydrogens (primary N) is 2. The summed E-state index contributed by atoms with van der Waals surface area (Å²) in [5.74, 6) is -4.40. The number of hydrogen-bond donors (Lipinski definition) is 14. The molecule has 0 unspecified atom stereocenters. The lowest BCUT2D eigenvalue weighted by Gasteiger charge is -2.25. The molecule has 25 heteroatoms. The Hall–Kier alpha value is -5.15. The summed E-state index contributed by atoms with van der Waals surface area (Å²) in [6.45, 7) is -1.12. The van der Waals surface area contributed by atoms with Gasteiger partial charge in [0, 0.05) is 35.7 Å². The minimum atomic E-state index is -1.87. The molecule has 0 aliphatic rings. The number of nitrogens with one attached hydrogen (secondary N) is 5. The number of carboxylic acids is 2. The van der Waals surface area contributed by atoms with Crippen molar-refractivity contribution in [2.24, 2.45) is 0 Å². The van der Waals surface area contributed by atoms with Crippen LogP contribution in [-0.2, 0) is 25.7 Å². The Balaban J connectivity index is 1.40. The Labute approximate surface area is 338 Å². The molecule has 0 fully saturated rings. The van der Waals surface area contributed by atoms with Gasteiger partial charge in [-0.25, -0.2) is 19.6 Å². The lowest BCUT2D eigenvalue weighted by molar-refractivity contribution is -0.141.